The van der Waals surface area contributed by atoms with E-state index < -0.39 is 5.97 Å². The van der Waals surface area contributed by atoms with E-state index in [1.54, 1.807) is 24.5 Å². The molecule has 1 aromatic rings. The molecule has 2 saturated heterocycles. The molecule has 3 heterocycles. The molecule has 12 heteroatoms. The number of piperidine rings is 1. The minimum Gasteiger partial charge on any atom is -0.481 e. The monoisotopic (exact) mass is 602 g/mol. The topological polar surface area (TPSA) is 133 Å². The van der Waals surface area contributed by atoms with Gasteiger partial charge in [0.15, 0.2) is 0 Å². The Hall–Kier alpha value is -3.17. The van der Waals surface area contributed by atoms with Gasteiger partial charge in [-0.2, -0.15) is 5.26 Å². The number of unbranched alkanes of at least 4 members (excludes halogenated alkanes) is 3. The number of nitriles is 1. The standard InChI is InChI=1S/C29H38N4O6S2/c1-4-6-13-32-25(31-15-11-20(12-16-31)28(38)39-5-2)21(19(3)22(18-30)26(32)36)17-23-27(37)33(29(40)41-23)14-9-7-8-10-24(34)35/h17,20H,4-16H2,1-3H3,(H,34,35)/b23-17+. The van der Waals surface area contributed by atoms with E-state index in [9.17, 15) is 24.4 Å². The van der Waals surface area contributed by atoms with Gasteiger partial charge in [0.1, 0.15) is 21.8 Å². The van der Waals surface area contributed by atoms with Gasteiger partial charge in [0.25, 0.3) is 11.5 Å². The lowest BCUT2D eigenvalue weighted by atomic mass is 9.95. The highest BCUT2D eigenvalue weighted by atomic mass is 32.2. The fourth-order valence-electron chi connectivity index (χ4n) is 5.14. The maximum Gasteiger partial charge on any atom is 0.309 e. The Balaban J connectivity index is 1.99. The number of rotatable bonds is 13. The third-order valence-corrected chi connectivity index (χ3v) is 8.80. The number of carbonyl (C=O) groups is 3. The number of aliphatic carboxylic acids is 1. The summed E-state index contributed by atoms with van der Waals surface area (Å²) in [6.07, 6.45) is 6.41. The lowest BCUT2D eigenvalue weighted by Crippen LogP contribution is -2.41. The van der Waals surface area contributed by atoms with Crippen LogP contribution in [0.3, 0.4) is 0 Å². The minimum absolute atomic E-state index is 0.0476. The summed E-state index contributed by atoms with van der Waals surface area (Å²) < 4.78 is 7.29. The Morgan fingerprint density at radius 1 is 1.15 bits per heavy atom. The van der Waals surface area contributed by atoms with E-state index in [1.807, 2.05) is 6.92 Å². The first-order valence-electron chi connectivity index (χ1n) is 14.2. The molecule has 0 radical (unpaired) electrons. The second kappa shape index (κ2) is 15.2. The Bertz CT molecular complexity index is 1310. The molecule has 0 spiro atoms. The van der Waals surface area contributed by atoms with Crippen molar-refractivity contribution in [3.8, 4) is 6.07 Å². The molecule has 0 bridgehead atoms. The molecule has 2 aliphatic heterocycles. The molecular formula is C29H38N4O6S2. The summed E-state index contributed by atoms with van der Waals surface area (Å²) in [4.78, 5) is 54.1. The molecule has 41 heavy (non-hydrogen) atoms. The first-order valence-corrected chi connectivity index (χ1v) is 15.4. The Kier molecular flexibility index (Phi) is 12.0. The molecule has 0 aliphatic carbocycles. The van der Waals surface area contributed by atoms with E-state index in [4.69, 9.17) is 22.1 Å². The van der Waals surface area contributed by atoms with Crippen molar-refractivity contribution in [2.45, 2.75) is 78.7 Å². The van der Waals surface area contributed by atoms with Crippen molar-refractivity contribution in [1.29, 1.82) is 5.26 Å². The summed E-state index contributed by atoms with van der Waals surface area (Å²) in [5, 5.41) is 18.7. The van der Waals surface area contributed by atoms with E-state index in [0.29, 0.717) is 91.1 Å². The highest BCUT2D eigenvalue weighted by Gasteiger charge is 2.34. The van der Waals surface area contributed by atoms with Gasteiger partial charge < -0.3 is 14.7 Å². The molecule has 222 valence electrons. The number of thiocarbonyl (C=S) groups is 1. The lowest BCUT2D eigenvalue weighted by Gasteiger charge is -2.35. The minimum atomic E-state index is -0.841. The van der Waals surface area contributed by atoms with Crippen molar-refractivity contribution >= 4 is 58.0 Å². The molecule has 2 aliphatic rings. The first kappa shape index (κ1) is 32.3. The maximum absolute atomic E-state index is 13.5. The normalized spacial score (nSPS) is 16.9. The number of hydrogen-bond donors (Lipinski definition) is 1. The zero-order valence-corrected chi connectivity index (χ0v) is 25.6. The largest absolute Gasteiger partial charge is 0.481 e. The fraction of sp³-hybridized carbons (Fsp3) is 0.586. The number of aromatic nitrogens is 1. The van der Waals surface area contributed by atoms with E-state index in [0.717, 1.165) is 12.8 Å². The van der Waals surface area contributed by atoms with Gasteiger partial charge in [-0.3, -0.25) is 28.6 Å². The number of carbonyl (C=O) groups excluding carboxylic acids is 2. The molecule has 0 aromatic carbocycles. The van der Waals surface area contributed by atoms with Gasteiger partial charge in [-0.25, -0.2) is 0 Å². The van der Waals surface area contributed by atoms with Crippen LogP contribution < -0.4 is 10.5 Å². The van der Waals surface area contributed by atoms with Crippen LogP contribution in [0.5, 0.6) is 0 Å². The van der Waals surface area contributed by atoms with E-state index in [1.165, 1.54) is 16.7 Å². The molecule has 3 rings (SSSR count). The number of esters is 1. The van der Waals surface area contributed by atoms with Gasteiger partial charge in [0.2, 0.25) is 0 Å². The smallest absolute Gasteiger partial charge is 0.309 e. The summed E-state index contributed by atoms with van der Waals surface area (Å²) in [6.45, 7) is 7.75. The van der Waals surface area contributed by atoms with Crippen molar-refractivity contribution in [1.82, 2.24) is 9.47 Å². The maximum atomic E-state index is 13.5. The molecule has 1 amide bonds. The molecule has 1 aromatic heterocycles. The second-order valence-corrected chi connectivity index (χ2v) is 11.9. The second-order valence-electron chi connectivity index (χ2n) is 10.2. The van der Waals surface area contributed by atoms with Gasteiger partial charge in [-0.05, 0) is 57.6 Å². The number of anilines is 1. The van der Waals surface area contributed by atoms with Crippen LogP contribution in [0.15, 0.2) is 9.70 Å². The number of pyridine rings is 1. The van der Waals surface area contributed by atoms with E-state index in [-0.39, 0.29) is 35.3 Å². The Labute approximate surface area is 250 Å². The molecule has 0 atom stereocenters. The number of carboxylic acids is 1. The zero-order chi connectivity index (χ0) is 30.1. The average molecular weight is 603 g/mol. The number of carboxylic acid groups (broad SMARTS) is 1. The van der Waals surface area contributed by atoms with Crippen molar-refractivity contribution in [3.05, 3.63) is 31.9 Å². The van der Waals surface area contributed by atoms with Crippen LogP contribution in [0.4, 0.5) is 5.82 Å². The van der Waals surface area contributed by atoms with Crippen molar-refractivity contribution < 1.29 is 24.2 Å². The van der Waals surface area contributed by atoms with Crippen molar-refractivity contribution in [2.75, 3.05) is 31.1 Å². The quantitative estimate of drug-likeness (QED) is 0.149. The molecule has 1 N–H and O–H groups in total. The Morgan fingerprint density at radius 2 is 1.85 bits per heavy atom. The third kappa shape index (κ3) is 7.77. The van der Waals surface area contributed by atoms with Gasteiger partial charge in [-0.15, -0.1) is 0 Å². The highest BCUT2D eigenvalue weighted by molar-refractivity contribution is 8.26. The van der Waals surface area contributed by atoms with Crippen LogP contribution in [-0.4, -0.2) is 63.0 Å². The lowest BCUT2D eigenvalue weighted by molar-refractivity contribution is -0.148. The number of hydrogen-bond acceptors (Lipinski definition) is 9. The van der Waals surface area contributed by atoms with Crippen molar-refractivity contribution in [2.24, 2.45) is 5.92 Å². The molecule has 2 fully saturated rings. The predicted molar refractivity (Wildman–Crippen MR) is 163 cm³/mol. The van der Waals surface area contributed by atoms with Gasteiger partial charge in [-0.1, -0.05) is 43.7 Å². The molecule has 0 unspecified atom stereocenters. The van der Waals surface area contributed by atoms with Crippen LogP contribution in [-0.2, 0) is 25.7 Å². The number of thioether (sulfide) groups is 1. The van der Waals surface area contributed by atoms with E-state index in [2.05, 4.69) is 11.0 Å². The number of ether oxygens (including phenoxy) is 1. The van der Waals surface area contributed by atoms with E-state index >= 15 is 0 Å². The molecule has 10 nitrogen and oxygen atoms in total. The fourth-order valence-corrected chi connectivity index (χ4v) is 6.43. The highest BCUT2D eigenvalue weighted by Crippen LogP contribution is 2.37. The number of nitrogens with zero attached hydrogens (tertiary/aromatic N) is 4. The van der Waals surface area contributed by atoms with Crippen molar-refractivity contribution in [3.63, 3.8) is 0 Å². The molecule has 0 saturated carbocycles. The van der Waals surface area contributed by atoms with Crippen LogP contribution in [0, 0.1) is 24.2 Å². The summed E-state index contributed by atoms with van der Waals surface area (Å²) in [7, 11) is 0. The van der Waals surface area contributed by atoms with Gasteiger partial charge >= 0.3 is 11.9 Å². The van der Waals surface area contributed by atoms with Crippen LogP contribution >= 0.6 is 24.0 Å². The van der Waals surface area contributed by atoms with Gasteiger partial charge in [0, 0.05) is 38.2 Å². The van der Waals surface area contributed by atoms with Gasteiger partial charge in [0.05, 0.1) is 17.4 Å². The summed E-state index contributed by atoms with van der Waals surface area (Å²) >= 11 is 6.69. The predicted octanol–water partition coefficient (Wildman–Crippen LogP) is 4.45. The number of amides is 1. The van der Waals surface area contributed by atoms with Crippen LogP contribution in [0.1, 0.15) is 81.9 Å². The average Bonchev–Trinajstić information content (AvgIpc) is 3.21. The van der Waals surface area contributed by atoms with Crippen LogP contribution in [0.2, 0.25) is 0 Å². The summed E-state index contributed by atoms with van der Waals surface area (Å²) in [5.41, 5.74) is 0.832. The SMILES string of the molecule is CCCCn1c(N2CCC(C(=O)OCC)CC2)c(/C=C2/SC(=S)N(CCCCCC(=O)O)C2=O)c(C)c(C#N)c1=O. The first-order chi connectivity index (χ1) is 19.6. The summed E-state index contributed by atoms with van der Waals surface area (Å²) in [6, 6.07) is 2.08. The van der Waals surface area contributed by atoms with Crippen LogP contribution in [0.25, 0.3) is 6.08 Å². The summed E-state index contributed by atoms with van der Waals surface area (Å²) in [5.74, 6) is -0.849. The molecular weight excluding hydrogens is 564 g/mol. The third-order valence-electron chi connectivity index (χ3n) is 7.42. The zero-order valence-electron chi connectivity index (χ0n) is 23.9. The Morgan fingerprint density at radius 3 is 2.46 bits per heavy atom.